The second-order valence-electron chi connectivity index (χ2n) is 9.42. The van der Waals surface area contributed by atoms with Crippen LogP contribution in [0.2, 0.25) is 0 Å². The van der Waals surface area contributed by atoms with E-state index >= 15 is 0 Å². The SMILES string of the molecule is O=C(NCc1ccc(S(=O)(=O)N2CCC3(CCNC3)CC2)cc1)C1CCc2nccn2C1. The van der Waals surface area contributed by atoms with Crippen molar-refractivity contribution >= 4 is 15.9 Å². The summed E-state index contributed by atoms with van der Waals surface area (Å²) in [6.45, 7) is 4.27. The number of piperidine rings is 1. The molecular weight excluding hydrogens is 426 g/mol. The average Bonchev–Trinajstić information content (AvgIpc) is 3.47. The van der Waals surface area contributed by atoms with Crippen molar-refractivity contribution in [1.82, 2.24) is 24.5 Å². The van der Waals surface area contributed by atoms with Crippen LogP contribution in [0.15, 0.2) is 41.6 Å². The van der Waals surface area contributed by atoms with Crippen molar-refractivity contribution in [1.29, 1.82) is 0 Å². The highest BCUT2D eigenvalue weighted by Gasteiger charge is 2.40. The number of aryl methyl sites for hydroxylation is 1. The van der Waals surface area contributed by atoms with Gasteiger partial charge in [-0.05, 0) is 55.3 Å². The molecule has 4 heterocycles. The molecule has 8 nitrogen and oxygen atoms in total. The Morgan fingerprint density at radius 2 is 1.97 bits per heavy atom. The van der Waals surface area contributed by atoms with Crippen molar-refractivity contribution in [3.63, 3.8) is 0 Å². The zero-order valence-corrected chi connectivity index (χ0v) is 19.1. The minimum absolute atomic E-state index is 0.0321. The molecule has 172 valence electrons. The molecule has 0 saturated carbocycles. The Morgan fingerprint density at radius 1 is 1.19 bits per heavy atom. The number of carbonyl (C=O) groups is 1. The highest BCUT2D eigenvalue weighted by molar-refractivity contribution is 7.89. The van der Waals surface area contributed by atoms with E-state index < -0.39 is 10.0 Å². The lowest BCUT2D eigenvalue weighted by atomic mass is 9.78. The monoisotopic (exact) mass is 457 g/mol. The summed E-state index contributed by atoms with van der Waals surface area (Å²) in [5.41, 5.74) is 1.18. The second kappa shape index (κ2) is 8.61. The number of hydrogen-bond donors (Lipinski definition) is 2. The maximum absolute atomic E-state index is 13.1. The molecule has 1 aromatic heterocycles. The van der Waals surface area contributed by atoms with Crippen LogP contribution >= 0.6 is 0 Å². The molecule has 3 aliphatic heterocycles. The molecule has 1 amide bonds. The third-order valence-corrected chi connectivity index (χ3v) is 9.36. The van der Waals surface area contributed by atoms with Crippen LogP contribution in [0.4, 0.5) is 0 Å². The lowest BCUT2D eigenvalue weighted by Gasteiger charge is -2.38. The molecule has 32 heavy (non-hydrogen) atoms. The van der Waals surface area contributed by atoms with Gasteiger partial charge in [-0.15, -0.1) is 0 Å². The molecule has 2 N–H and O–H groups in total. The van der Waals surface area contributed by atoms with E-state index in [2.05, 4.69) is 15.6 Å². The minimum atomic E-state index is -3.48. The van der Waals surface area contributed by atoms with E-state index in [9.17, 15) is 13.2 Å². The first-order valence-corrected chi connectivity index (χ1v) is 13.0. The molecule has 1 aromatic carbocycles. The Kier molecular flexibility index (Phi) is 5.81. The van der Waals surface area contributed by atoms with Gasteiger partial charge in [0.25, 0.3) is 0 Å². The first-order chi connectivity index (χ1) is 15.5. The van der Waals surface area contributed by atoms with Gasteiger partial charge in [0.1, 0.15) is 5.82 Å². The summed E-state index contributed by atoms with van der Waals surface area (Å²) < 4.78 is 29.8. The molecule has 9 heteroatoms. The number of rotatable bonds is 5. The van der Waals surface area contributed by atoms with Gasteiger partial charge in [0.15, 0.2) is 0 Å². The van der Waals surface area contributed by atoms with Crippen molar-refractivity contribution in [2.24, 2.45) is 11.3 Å². The fraction of sp³-hybridized carbons (Fsp3) is 0.565. The van der Waals surface area contributed by atoms with E-state index in [0.29, 0.717) is 31.1 Å². The number of imidazole rings is 1. The molecule has 2 saturated heterocycles. The van der Waals surface area contributed by atoms with Crippen LogP contribution in [0, 0.1) is 11.3 Å². The number of benzene rings is 1. The zero-order chi connectivity index (χ0) is 22.2. The number of amides is 1. The molecule has 1 unspecified atom stereocenters. The van der Waals surface area contributed by atoms with Crippen LogP contribution in [-0.2, 0) is 34.3 Å². The molecule has 0 aliphatic carbocycles. The predicted octanol–water partition coefficient (Wildman–Crippen LogP) is 1.53. The van der Waals surface area contributed by atoms with Gasteiger partial charge >= 0.3 is 0 Å². The van der Waals surface area contributed by atoms with Gasteiger partial charge in [-0.2, -0.15) is 4.31 Å². The number of aromatic nitrogens is 2. The minimum Gasteiger partial charge on any atom is -0.352 e. The summed E-state index contributed by atoms with van der Waals surface area (Å²) in [5, 5.41) is 6.42. The van der Waals surface area contributed by atoms with Crippen LogP contribution in [0.25, 0.3) is 0 Å². The van der Waals surface area contributed by atoms with Gasteiger partial charge in [-0.3, -0.25) is 4.79 Å². The Bertz CT molecular complexity index is 1060. The van der Waals surface area contributed by atoms with Gasteiger partial charge < -0.3 is 15.2 Å². The summed E-state index contributed by atoms with van der Waals surface area (Å²) in [5.74, 6) is 1.01. The third kappa shape index (κ3) is 4.21. The normalized spacial score (nSPS) is 23.2. The number of sulfonamides is 1. The highest BCUT2D eigenvalue weighted by Crippen LogP contribution is 2.38. The third-order valence-electron chi connectivity index (χ3n) is 7.45. The standard InChI is InChI=1S/C23H31N5O3S/c29-22(19-3-6-21-25-11-14-27(21)16-19)26-15-18-1-4-20(5-2-18)32(30,31)28-12-8-23(9-13-28)7-10-24-17-23/h1-2,4-5,11,14,19,24H,3,6-10,12-13,15-17H2,(H,26,29). The summed E-state index contributed by atoms with van der Waals surface area (Å²) in [7, 11) is -3.48. The van der Waals surface area contributed by atoms with Gasteiger partial charge in [-0.1, -0.05) is 12.1 Å². The topological polar surface area (TPSA) is 96.3 Å². The Morgan fingerprint density at radius 3 is 2.69 bits per heavy atom. The van der Waals surface area contributed by atoms with Gasteiger partial charge in [-0.25, -0.2) is 13.4 Å². The first kappa shape index (κ1) is 21.6. The van der Waals surface area contributed by atoms with Crippen molar-refractivity contribution in [3.05, 3.63) is 48.0 Å². The smallest absolute Gasteiger partial charge is 0.243 e. The molecule has 0 bridgehead atoms. The van der Waals surface area contributed by atoms with Crippen LogP contribution in [-0.4, -0.2) is 54.4 Å². The fourth-order valence-electron chi connectivity index (χ4n) is 5.27. The molecular formula is C23H31N5O3S. The maximum Gasteiger partial charge on any atom is 0.243 e. The highest BCUT2D eigenvalue weighted by atomic mass is 32.2. The summed E-state index contributed by atoms with van der Waals surface area (Å²) in [6, 6.07) is 6.93. The molecule has 2 aromatic rings. The summed E-state index contributed by atoms with van der Waals surface area (Å²) in [6.07, 6.45) is 8.29. The zero-order valence-electron chi connectivity index (χ0n) is 18.3. The molecule has 0 radical (unpaired) electrons. The van der Waals surface area contributed by atoms with Gasteiger partial charge in [0.2, 0.25) is 15.9 Å². The lowest BCUT2D eigenvalue weighted by molar-refractivity contribution is -0.126. The lowest BCUT2D eigenvalue weighted by Crippen LogP contribution is -2.43. The van der Waals surface area contributed by atoms with E-state index in [0.717, 1.165) is 56.6 Å². The summed E-state index contributed by atoms with van der Waals surface area (Å²) >= 11 is 0. The van der Waals surface area contributed by atoms with Crippen molar-refractivity contribution in [3.8, 4) is 0 Å². The first-order valence-electron chi connectivity index (χ1n) is 11.5. The van der Waals surface area contributed by atoms with Crippen LogP contribution in [0.5, 0.6) is 0 Å². The molecule has 3 aliphatic rings. The molecule has 2 fully saturated rings. The summed E-state index contributed by atoms with van der Waals surface area (Å²) in [4.78, 5) is 17.2. The number of hydrogen-bond acceptors (Lipinski definition) is 5. The van der Waals surface area contributed by atoms with Crippen molar-refractivity contribution < 1.29 is 13.2 Å². The van der Waals surface area contributed by atoms with E-state index in [-0.39, 0.29) is 17.2 Å². The number of nitrogens with zero attached hydrogens (tertiary/aromatic N) is 3. The van der Waals surface area contributed by atoms with Crippen molar-refractivity contribution in [2.75, 3.05) is 26.2 Å². The number of fused-ring (bicyclic) bond motifs is 1. The molecule has 1 spiro atoms. The second-order valence-corrected chi connectivity index (χ2v) is 11.4. The average molecular weight is 458 g/mol. The van der Waals surface area contributed by atoms with Gasteiger partial charge in [0, 0.05) is 51.5 Å². The van der Waals surface area contributed by atoms with Crippen LogP contribution in [0.1, 0.15) is 37.1 Å². The Labute approximate surface area is 189 Å². The predicted molar refractivity (Wildman–Crippen MR) is 120 cm³/mol. The fourth-order valence-corrected chi connectivity index (χ4v) is 6.71. The number of carbonyl (C=O) groups excluding carboxylic acids is 1. The van der Waals surface area contributed by atoms with Crippen molar-refractivity contribution in [2.45, 2.75) is 50.1 Å². The van der Waals surface area contributed by atoms with E-state index in [4.69, 9.17) is 0 Å². The number of nitrogens with one attached hydrogen (secondary N) is 2. The van der Waals surface area contributed by atoms with Crippen LogP contribution in [0.3, 0.4) is 0 Å². The quantitative estimate of drug-likeness (QED) is 0.710. The Balaban J connectivity index is 1.16. The Hall–Kier alpha value is -2.23. The van der Waals surface area contributed by atoms with E-state index in [1.807, 2.05) is 10.8 Å². The maximum atomic E-state index is 13.1. The molecule has 1 atom stereocenters. The van der Waals surface area contributed by atoms with E-state index in [1.165, 1.54) is 0 Å². The molecule has 5 rings (SSSR count). The largest absolute Gasteiger partial charge is 0.352 e. The van der Waals surface area contributed by atoms with Crippen LogP contribution < -0.4 is 10.6 Å². The van der Waals surface area contributed by atoms with Gasteiger partial charge in [0.05, 0.1) is 10.8 Å². The van der Waals surface area contributed by atoms with E-state index in [1.54, 1.807) is 34.8 Å².